The first-order chi connectivity index (χ1) is 16.2. The summed E-state index contributed by atoms with van der Waals surface area (Å²) in [5, 5.41) is 1.66. The van der Waals surface area contributed by atoms with E-state index < -0.39 is 54.6 Å². The maximum atomic E-state index is 11.9. The van der Waals surface area contributed by atoms with Crippen LogP contribution >= 0.6 is 0 Å². The fraction of sp³-hybridized carbons (Fsp3) is 0.417. The van der Waals surface area contributed by atoms with Crippen LogP contribution in [-0.4, -0.2) is 61.2 Å². The van der Waals surface area contributed by atoms with Crippen molar-refractivity contribution >= 4 is 34.6 Å². The number of hydrogen-bond donors (Lipinski definition) is 0. The monoisotopic (exact) mass is 474 g/mol. The van der Waals surface area contributed by atoms with Gasteiger partial charge in [-0.2, -0.15) is 0 Å². The number of carbonyl (C=O) groups is 4. The number of benzene rings is 2. The average molecular weight is 474 g/mol. The molecule has 2 aromatic carbocycles. The van der Waals surface area contributed by atoms with Gasteiger partial charge in [0, 0.05) is 33.1 Å². The maximum absolute atomic E-state index is 11.9. The van der Waals surface area contributed by atoms with Crippen LogP contribution in [-0.2, 0) is 42.9 Å². The minimum absolute atomic E-state index is 0.326. The van der Waals surface area contributed by atoms with Crippen molar-refractivity contribution in [3.05, 3.63) is 42.5 Å². The van der Waals surface area contributed by atoms with Gasteiger partial charge in [-0.3, -0.25) is 19.2 Å². The van der Waals surface area contributed by atoms with Crippen LogP contribution in [0.3, 0.4) is 0 Å². The maximum Gasteiger partial charge on any atom is 0.303 e. The topological polar surface area (TPSA) is 124 Å². The van der Waals surface area contributed by atoms with E-state index in [4.69, 9.17) is 28.4 Å². The molecular formula is C24H26O10. The molecule has 1 aliphatic heterocycles. The Kier molecular flexibility index (Phi) is 8.06. The summed E-state index contributed by atoms with van der Waals surface area (Å²) in [5.41, 5.74) is 0. The lowest BCUT2D eigenvalue weighted by atomic mass is 9.98. The lowest BCUT2D eigenvalue weighted by Gasteiger charge is -2.44. The summed E-state index contributed by atoms with van der Waals surface area (Å²) in [4.78, 5) is 47.1. The van der Waals surface area contributed by atoms with Crippen molar-refractivity contribution in [2.24, 2.45) is 0 Å². The Bertz CT molecular complexity index is 1060. The second kappa shape index (κ2) is 11.0. The highest BCUT2D eigenvalue weighted by molar-refractivity contribution is 5.88. The molecule has 0 saturated carbocycles. The Hall–Kier alpha value is -3.66. The summed E-state index contributed by atoms with van der Waals surface area (Å²) < 4.78 is 33.4. The smallest absolute Gasteiger partial charge is 0.303 e. The van der Waals surface area contributed by atoms with Gasteiger partial charge in [0.05, 0.1) is 0 Å². The van der Waals surface area contributed by atoms with Crippen molar-refractivity contribution in [2.45, 2.75) is 58.4 Å². The van der Waals surface area contributed by atoms with E-state index >= 15 is 0 Å². The first-order valence-corrected chi connectivity index (χ1v) is 10.6. The van der Waals surface area contributed by atoms with E-state index in [0.29, 0.717) is 5.75 Å². The van der Waals surface area contributed by atoms with E-state index in [9.17, 15) is 19.2 Å². The molecule has 10 nitrogen and oxygen atoms in total. The van der Waals surface area contributed by atoms with Crippen LogP contribution in [0.5, 0.6) is 5.75 Å². The third kappa shape index (κ3) is 6.22. The normalized spacial score (nSPS) is 24.1. The summed E-state index contributed by atoms with van der Waals surface area (Å²) >= 11 is 0. The van der Waals surface area contributed by atoms with Gasteiger partial charge in [0.15, 0.2) is 12.2 Å². The van der Waals surface area contributed by atoms with Crippen molar-refractivity contribution < 1.29 is 47.6 Å². The molecule has 2 aromatic rings. The Morgan fingerprint density at radius 1 is 0.735 bits per heavy atom. The summed E-state index contributed by atoms with van der Waals surface area (Å²) in [6, 6.07) is 12.8. The summed E-state index contributed by atoms with van der Waals surface area (Å²) in [6.45, 7) is 4.37. The molecule has 0 aliphatic carbocycles. The standard InChI is InChI=1S/C24H26O10/c1-13(25)29-12-20-21(30-14(2)26)22(31-15(3)27)23(32-16(4)28)24(34-20)33-19-11-7-9-17-8-5-6-10-18(17)19/h5-11,20-24H,12H2,1-4H3/t20-,21-,22-,23-,24+/m0/s1. The lowest BCUT2D eigenvalue weighted by Crippen LogP contribution is -2.63. The number of esters is 4. The van der Waals surface area contributed by atoms with Gasteiger partial charge in [-0.1, -0.05) is 36.4 Å². The van der Waals surface area contributed by atoms with Gasteiger partial charge in [0.25, 0.3) is 0 Å². The van der Waals surface area contributed by atoms with Gasteiger partial charge < -0.3 is 28.4 Å². The third-order valence-corrected chi connectivity index (χ3v) is 4.94. The highest BCUT2D eigenvalue weighted by Gasteiger charge is 2.53. The molecule has 10 heteroatoms. The van der Waals surface area contributed by atoms with E-state index in [-0.39, 0.29) is 6.61 Å². The summed E-state index contributed by atoms with van der Waals surface area (Å²) in [6.07, 6.45) is -6.19. The van der Waals surface area contributed by atoms with E-state index in [1.165, 1.54) is 13.8 Å². The van der Waals surface area contributed by atoms with Crippen LogP contribution in [0, 0.1) is 0 Å². The van der Waals surface area contributed by atoms with Gasteiger partial charge in [-0.15, -0.1) is 0 Å². The van der Waals surface area contributed by atoms with Crippen LogP contribution in [0.4, 0.5) is 0 Å². The molecule has 182 valence electrons. The highest BCUT2D eigenvalue weighted by atomic mass is 16.7. The third-order valence-electron chi connectivity index (χ3n) is 4.94. The first kappa shape index (κ1) is 25.0. The molecule has 0 unspecified atom stereocenters. The van der Waals surface area contributed by atoms with Crippen molar-refractivity contribution in [1.29, 1.82) is 0 Å². The fourth-order valence-electron chi connectivity index (χ4n) is 3.71. The van der Waals surface area contributed by atoms with Crippen LogP contribution in [0.25, 0.3) is 10.8 Å². The molecule has 34 heavy (non-hydrogen) atoms. The summed E-state index contributed by atoms with van der Waals surface area (Å²) in [7, 11) is 0. The van der Waals surface area contributed by atoms with Gasteiger partial charge in [0.2, 0.25) is 12.4 Å². The largest absolute Gasteiger partial charge is 0.463 e. The van der Waals surface area contributed by atoms with Gasteiger partial charge in [-0.25, -0.2) is 0 Å². The number of ether oxygens (including phenoxy) is 6. The second-order valence-electron chi connectivity index (χ2n) is 7.66. The Morgan fingerprint density at radius 3 is 1.97 bits per heavy atom. The molecule has 1 fully saturated rings. The van der Waals surface area contributed by atoms with Crippen molar-refractivity contribution in [3.8, 4) is 5.75 Å². The van der Waals surface area contributed by atoms with E-state index in [2.05, 4.69) is 0 Å². The van der Waals surface area contributed by atoms with Crippen LogP contribution < -0.4 is 4.74 Å². The van der Waals surface area contributed by atoms with Gasteiger partial charge in [0.1, 0.15) is 18.5 Å². The van der Waals surface area contributed by atoms with E-state index in [0.717, 1.165) is 24.6 Å². The summed E-state index contributed by atoms with van der Waals surface area (Å²) in [5.74, 6) is -2.29. The van der Waals surface area contributed by atoms with Gasteiger partial charge in [-0.05, 0) is 11.5 Å². The molecule has 0 aromatic heterocycles. The molecule has 0 spiro atoms. The Labute approximate surface area is 196 Å². The fourth-order valence-corrected chi connectivity index (χ4v) is 3.71. The van der Waals surface area contributed by atoms with Crippen LogP contribution in [0.2, 0.25) is 0 Å². The second-order valence-corrected chi connectivity index (χ2v) is 7.66. The minimum Gasteiger partial charge on any atom is -0.463 e. The molecule has 1 saturated heterocycles. The predicted molar refractivity (Wildman–Crippen MR) is 117 cm³/mol. The quantitative estimate of drug-likeness (QED) is 0.436. The molecular weight excluding hydrogens is 448 g/mol. The zero-order chi connectivity index (χ0) is 24.8. The van der Waals surface area contributed by atoms with Crippen molar-refractivity contribution in [2.75, 3.05) is 6.61 Å². The van der Waals surface area contributed by atoms with E-state index in [1.54, 1.807) is 12.1 Å². The molecule has 1 heterocycles. The van der Waals surface area contributed by atoms with Crippen LogP contribution in [0.15, 0.2) is 42.5 Å². The molecule has 3 rings (SSSR count). The van der Waals surface area contributed by atoms with Crippen molar-refractivity contribution in [3.63, 3.8) is 0 Å². The van der Waals surface area contributed by atoms with E-state index in [1.807, 2.05) is 30.3 Å². The molecule has 0 radical (unpaired) electrons. The van der Waals surface area contributed by atoms with Gasteiger partial charge >= 0.3 is 23.9 Å². The van der Waals surface area contributed by atoms with Crippen molar-refractivity contribution in [1.82, 2.24) is 0 Å². The average Bonchev–Trinajstić information content (AvgIpc) is 2.75. The Balaban J connectivity index is 2.03. The SMILES string of the molecule is CC(=O)OC[C@@H]1O[C@@H](Oc2cccc3ccccc23)[C@@H](OC(C)=O)[C@@H](OC(C)=O)[C@H]1OC(C)=O. The number of rotatable bonds is 7. The first-order valence-electron chi connectivity index (χ1n) is 10.6. The zero-order valence-electron chi connectivity index (χ0n) is 19.2. The predicted octanol–water partition coefficient (Wildman–Crippen LogP) is 2.30. The zero-order valence-corrected chi connectivity index (χ0v) is 19.2. The molecule has 0 N–H and O–H groups in total. The molecule has 0 bridgehead atoms. The number of fused-ring (bicyclic) bond motifs is 1. The Morgan fingerprint density at radius 2 is 1.32 bits per heavy atom. The number of hydrogen-bond acceptors (Lipinski definition) is 10. The number of carbonyl (C=O) groups excluding carboxylic acids is 4. The molecule has 0 amide bonds. The van der Waals surface area contributed by atoms with Crippen LogP contribution in [0.1, 0.15) is 27.7 Å². The lowest BCUT2D eigenvalue weighted by molar-refractivity contribution is -0.288. The molecule has 5 atom stereocenters. The molecule has 1 aliphatic rings. The highest BCUT2D eigenvalue weighted by Crippen LogP contribution is 2.33. The minimum atomic E-state index is -1.29.